The second-order valence-corrected chi connectivity index (χ2v) is 14.0. The number of carbonyl (C=O) groups excluding carboxylic acids is 2. The number of nitrogens with zero attached hydrogens (tertiary/aromatic N) is 6. The highest BCUT2D eigenvalue weighted by Gasteiger charge is 2.31. The van der Waals surface area contributed by atoms with Crippen LogP contribution in [0.5, 0.6) is 11.5 Å². The molecule has 2 aromatic heterocycles. The molecule has 5 aromatic rings. The van der Waals surface area contributed by atoms with E-state index in [0.29, 0.717) is 72.7 Å². The Morgan fingerprint density at radius 1 is 0.852 bits per heavy atom. The summed E-state index contributed by atoms with van der Waals surface area (Å²) in [7, 11) is 0. The lowest BCUT2D eigenvalue weighted by atomic mass is 10.0. The zero-order chi connectivity index (χ0) is 38.4. The molecule has 284 valence electrons. The summed E-state index contributed by atoms with van der Waals surface area (Å²) in [6, 6.07) is 14.0. The van der Waals surface area contributed by atoms with Gasteiger partial charge in [0.15, 0.2) is 11.5 Å². The third-order valence-corrected chi connectivity index (χ3v) is 9.10. The van der Waals surface area contributed by atoms with Crippen LogP contribution in [0, 0.1) is 11.6 Å². The number of fused-ring (bicyclic) bond motifs is 3. The first-order valence-corrected chi connectivity index (χ1v) is 17.7. The van der Waals surface area contributed by atoms with E-state index in [9.17, 15) is 28.0 Å². The quantitative estimate of drug-likeness (QED) is 0.201. The summed E-state index contributed by atoms with van der Waals surface area (Å²) in [4.78, 5) is 59.6. The van der Waals surface area contributed by atoms with Crippen LogP contribution in [-0.2, 0) is 29.2 Å². The molecule has 13 nitrogen and oxygen atoms in total. The molecule has 1 amide bonds. The third kappa shape index (κ3) is 9.26. The Balaban J connectivity index is 0.000000276. The van der Waals surface area contributed by atoms with Gasteiger partial charge in [-0.3, -0.25) is 14.2 Å². The molecule has 3 aromatic carbocycles. The van der Waals surface area contributed by atoms with Crippen LogP contribution in [0.25, 0.3) is 22.1 Å². The summed E-state index contributed by atoms with van der Waals surface area (Å²) in [5, 5.41) is 0. The van der Waals surface area contributed by atoms with Crippen molar-refractivity contribution in [3.63, 3.8) is 0 Å². The standard InChI is InChI=1S/C29H35FN4O5.C10H7FN2O2/c1-29(2,3)39-28(36)34(19-20-4-7-25-26(16-20)38-15-14-37-25)22-8-10-32(11-9-22)12-13-33-24-17-21(30)5-6-23(24)31-18-27(33)35;11-7-1-2-8-9(5-7)13(3-4-14)10(15)6-12-8/h4-7,16-18,22H,8-15,19H2,1-3H3;1-2,4-6H,3H2. The van der Waals surface area contributed by atoms with Gasteiger partial charge < -0.3 is 33.4 Å². The van der Waals surface area contributed by atoms with E-state index >= 15 is 0 Å². The highest BCUT2D eigenvalue weighted by Crippen LogP contribution is 2.32. The Kier molecular flexibility index (Phi) is 11.6. The topological polar surface area (TPSA) is 138 Å². The molecular weight excluding hydrogens is 702 g/mol. The van der Waals surface area contributed by atoms with Gasteiger partial charge in [0.05, 0.1) is 41.0 Å². The van der Waals surface area contributed by atoms with Gasteiger partial charge in [0.1, 0.15) is 36.7 Å². The lowest BCUT2D eigenvalue weighted by Crippen LogP contribution is -2.49. The molecule has 15 heteroatoms. The summed E-state index contributed by atoms with van der Waals surface area (Å²) < 4.78 is 46.7. The van der Waals surface area contributed by atoms with Gasteiger partial charge in [0.2, 0.25) is 0 Å². The van der Waals surface area contributed by atoms with Gasteiger partial charge >= 0.3 is 6.09 Å². The van der Waals surface area contributed by atoms with Crippen molar-refractivity contribution in [2.24, 2.45) is 0 Å². The Bertz CT molecular complexity index is 2260. The first kappa shape index (κ1) is 38.0. The van der Waals surface area contributed by atoms with E-state index in [1.165, 1.54) is 41.1 Å². The first-order chi connectivity index (χ1) is 25.9. The highest BCUT2D eigenvalue weighted by molar-refractivity contribution is 5.75. The van der Waals surface area contributed by atoms with Crippen molar-refractivity contribution in [2.75, 3.05) is 32.8 Å². The molecule has 0 spiro atoms. The molecule has 0 unspecified atom stereocenters. The van der Waals surface area contributed by atoms with Crippen LogP contribution >= 0.6 is 0 Å². The monoisotopic (exact) mass is 744 g/mol. The summed E-state index contributed by atoms with van der Waals surface area (Å²) in [5.41, 5.74) is 1.56. The fraction of sp³-hybridized carbons (Fsp3) is 0.385. The summed E-state index contributed by atoms with van der Waals surface area (Å²) >= 11 is 0. The van der Waals surface area contributed by atoms with Gasteiger partial charge in [-0.05, 0) is 87.7 Å². The van der Waals surface area contributed by atoms with Crippen LogP contribution < -0.4 is 20.6 Å². The van der Waals surface area contributed by atoms with Crippen molar-refractivity contribution in [1.82, 2.24) is 28.9 Å². The van der Waals surface area contributed by atoms with Crippen LogP contribution in [0.2, 0.25) is 0 Å². The molecule has 2 aliphatic heterocycles. The number of piperidine rings is 1. The minimum atomic E-state index is -0.608. The van der Waals surface area contributed by atoms with E-state index in [0.717, 1.165) is 37.7 Å². The van der Waals surface area contributed by atoms with Gasteiger partial charge in [-0.1, -0.05) is 6.07 Å². The van der Waals surface area contributed by atoms with Crippen molar-refractivity contribution in [3.05, 3.63) is 105 Å². The number of hydrogen-bond donors (Lipinski definition) is 0. The largest absolute Gasteiger partial charge is 0.486 e. The summed E-state index contributed by atoms with van der Waals surface area (Å²) in [6.07, 6.45) is 4.18. The number of hydrogen-bond acceptors (Lipinski definition) is 10. The molecule has 0 saturated carbocycles. The van der Waals surface area contributed by atoms with Crippen LogP contribution in [0.1, 0.15) is 39.2 Å². The van der Waals surface area contributed by atoms with Crippen molar-refractivity contribution >= 4 is 34.4 Å². The lowest BCUT2D eigenvalue weighted by molar-refractivity contribution is -0.108. The third-order valence-electron chi connectivity index (χ3n) is 9.10. The maximum absolute atomic E-state index is 13.9. The smallest absolute Gasteiger partial charge is 0.410 e. The molecule has 1 fully saturated rings. The van der Waals surface area contributed by atoms with Gasteiger partial charge in [-0.2, -0.15) is 0 Å². The predicted molar refractivity (Wildman–Crippen MR) is 197 cm³/mol. The second-order valence-electron chi connectivity index (χ2n) is 14.0. The Morgan fingerprint density at radius 2 is 1.44 bits per heavy atom. The normalized spacial score (nSPS) is 14.7. The number of aldehydes is 1. The average Bonchev–Trinajstić information content (AvgIpc) is 3.14. The van der Waals surface area contributed by atoms with E-state index in [4.69, 9.17) is 14.2 Å². The molecule has 0 aliphatic carbocycles. The van der Waals surface area contributed by atoms with Gasteiger partial charge in [0, 0.05) is 38.8 Å². The van der Waals surface area contributed by atoms with Crippen molar-refractivity contribution in [3.8, 4) is 11.5 Å². The van der Waals surface area contributed by atoms with E-state index in [1.807, 2.05) is 43.9 Å². The molecule has 1 saturated heterocycles. The number of benzene rings is 3. The SMILES string of the molecule is CC(C)(C)OC(=O)N(Cc1ccc2c(c1)OCCO2)C1CCN(CCn2c(=O)cnc3ccc(F)cc32)CC1.O=CCn1c(=O)cnc2ccc(F)cc21. The number of amides is 1. The molecule has 4 heterocycles. The van der Waals surface area contributed by atoms with Crippen molar-refractivity contribution < 1.29 is 32.6 Å². The van der Waals surface area contributed by atoms with Crippen LogP contribution in [0.4, 0.5) is 13.6 Å². The second kappa shape index (κ2) is 16.5. The fourth-order valence-electron chi connectivity index (χ4n) is 6.51. The Hall–Kier alpha value is -5.70. The Morgan fingerprint density at radius 3 is 2.06 bits per heavy atom. The molecule has 0 bridgehead atoms. The number of ether oxygens (including phenoxy) is 3. The maximum Gasteiger partial charge on any atom is 0.410 e. The first-order valence-electron chi connectivity index (χ1n) is 17.7. The molecule has 54 heavy (non-hydrogen) atoms. The zero-order valence-corrected chi connectivity index (χ0v) is 30.4. The van der Waals surface area contributed by atoms with Gasteiger partial charge in [0.25, 0.3) is 11.1 Å². The Labute approximate surface area is 309 Å². The summed E-state index contributed by atoms with van der Waals surface area (Å²) in [5.74, 6) is 0.543. The van der Waals surface area contributed by atoms with E-state index in [2.05, 4.69) is 14.9 Å². The number of carbonyl (C=O) groups is 2. The van der Waals surface area contributed by atoms with Crippen molar-refractivity contribution in [2.45, 2.75) is 64.9 Å². The van der Waals surface area contributed by atoms with Crippen molar-refractivity contribution in [1.29, 1.82) is 0 Å². The van der Waals surface area contributed by atoms with Crippen LogP contribution in [0.3, 0.4) is 0 Å². The minimum Gasteiger partial charge on any atom is -0.486 e. The van der Waals surface area contributed by atoms with Gasteiger partial charge in [-0.25, -0.2) is 23.5 Å². The van der Waals surface area contributed by atoms with E-state index in [-0.39, 0.29) is 24.2 Å². The fourth-order valence-corrected chi connectivity index (χ4v) is 6.51. The number of rotatable bonds is 8. The van der Waals surface area contributed by atoms with Crippen LogP contribution in [-0.4, -0.2) is 85.8 Å². The zero-order valence-electron chi connectivity index (χ0n) is 30.4. The van der Waals surface area contributed by atoms with E-state index < -0.39 is 22.8 Å². The maximum atomic E-state index is 13.9. The van der Waals surface area contributed by atoms with E-state index in [1.54, 1.807) is 10.6 Å². The molecule has 0 radical (unpaired) electrons. The number of halogens is 2. The number of likely N-dealkylation sites (tertiary alicyclic amines) is 1. The molecule has 7 rings (SSSR count). The minimum absolute atomic E-state index is 0.00266. The summed E-state index contributed by atoms with van der Waals surface area (Å²) in [6.45, 7) is 9.52. The van der Waals surface area contributed by atoms with Crippen LogP contribution in [0.15, 0.2) is 76.6 Å². The number of aromatic nitrogens is 4. The average molecular weight is 745 g/mol. The highest BCUT2D eigenvalue weighted by atomic mass is 19.1. The molecular formula is C39H42F2N6O7. The molecule has 0 atom stereocenters. The predicted octanol–water partition coefficient (Wildman–Crippen LogP) is 4.94. The lowest BCUT2D eigenvalue weighted by Gasteiger charge is -2.39. The molecule has 0 N–H and O–H groups in total. The van der Waals surface area contributed by atoms with Gasteiger partial charge in [-0.15, -0.1) is 0 Å². The molecule has 2 aliphatic rings.